The van der Waals surface area contributed by atoms with Gasteiger partial charge in [-0.05, 0) is 35.9 Å². The van der Waals surface area contributed by atoms with Gasteiger partial charge in [0.25, 0.3) is 0 Å². The van der Waals surface area contributed by atoms with Crippen LogP contribution in [0.25, 0.3) is 6.08 Å². The van der Waals surface area contributed by atoms with Crippen molar-refractivity contribution in [3.63, 3.8) is 0 Å². The maximum absolute atomic E-state index is 12.3. The Morgan fingerprint density at radius 2 is 1.75 bits per heavy atom. The lowest BCUT2D eigenvalue weighted by Crippen LogP contribution is -2.16. The number of ether oxygens (including phenoxy) is 5. The number of carbonyl (C=O) groups excluding carboxylic acids is 1. The highest BCUT2D eigenvalue weighted by Crippen LogP contribution is 2.40. The van der Waals surface area contributed by atoms with E-state index in [0.29, 0.717) is 60.9 Å². The lowest BCUT2D eigenvalue weighted by molar-refractivity contribution is -0.111. The van der Waals surface area contributed by atoms with Crippen LogP contribution in [0, 0.1) is 0 Å². The molecule has 0 atom stereocenters. The predicted octanol–water partition coefficient (Wildman–Crippen LogP) is 3.28. The van der Waals surface area contributed by atoms with E-state index in [1.165, 1.54) is 6.08 Å². The zero-order valence-electron chi connectivity index (χ0n) is 15.5. The highest BCUT2D eigenvalue weighted by Gasteiger charge is 2.18. The molecular formula is C21H21NO6. The quantitative estimate of drug-likeness (QED) is 0.817. The smallest absolute Gasteiger partial charge is 0.248 e. The second-order valence-corrected chi connectivity index (χ2v) is 6.28. The van der Waals surface area contributed by atoms with Gasteiger partial charge >= 0.3 is 0 Å². The van der Waals surface area contributed by atoms with Crippen LogP contribution in [0.5, 0.6) is 28.7 Å². The molecule has 146 valence electrons. The molecule has 0 aromatic heterocycles. The molecule has 7 heteroatoms. The minimum Gasteiger partial charge on any atom is -0.493 e. The summed E-state index contributed by atoms with van der Waals surface area (Å²) < 4.78 is 27.8. The molecule has 2 heterocycles. The summed E-state index contributed by atoms with van der Waals surface area (Å²) in [6.07, 6.45) is 3.98. The highest BCUT2D eigenvalue weighted by atomic mass is 16.6. The molecule has 0 aliphatic carbocycles. The molecule has 0 spiro atoms. The van der Waals surface area contributed by atoms with E-state index in [2.05, 4.69) is 5.32 Å². The van der Waals surface area contributed by atoms with E-state index >= 15 is 0 Å². The molecule has 0 unspecified atom stereocenters. The molecule has 4 rings (SSSR count). The summed E-state index contributed by atoms with van der Waals surface area (Å²) in [4.78, 5) is 12.3. The lowest BCUT2D eigenvalue weighted by atomic mass is 10.1. The van der Waals surface area contributed by atoms with Gasteiger partial charge in [0, 0.05) is 24.3 Å². The Bertz CT molecular complexity index is 891. The molecule has 28 heavy (non-hydrogen) atoms. The molecule has 0 fully saturated rings. The van der Waals surface area contributed by atoms with E-state index in [-0.39, 0.29) is 5.91 Å². The number of anilines is 1. The number of carbonyl (C=O) groups is 1. The van der Waals surface area contributed by atoms with Gasteiger partial charge in [0.05, 0.1) is 20.3 Å². The first-order chi connectivity index (χ1) is 13.7. The average molecular weight is 383 g/mol. The SMILES string of the molecule is COc1cc(/C=C/C(=O)Nc2ccc3c(c2)OCCCO3)cc2c1OCCO2. The van der Waals surface area contributed by atoms with Gasteiger partial charge in [-0.1, -0.05) is 0 Å². The van der Waals surface area contributed by atoms with E-state index < -0.39 is 0 Å². The maximum atomic E-state index is 12.3. The molecule has 2 aliphatic rings. The Hall–Kier alpha value is -3.35. The second-order valence-electron chi connectivity index (χ2n) is 6.28. The fraction of sp³-hybridized carbons (Fsp3) is 0.286. The molecule has 0 bridgehead atoms. The molecule has 2 aromatic carbocycles. The Balaban J connectivity index is 1.46. The van der Waals surface area contributed by atoms with Crippen molar-refractivity contribution < 1.29 is 28.5 Å². The molecule has 0 saturated heterocycles. The van der Waals surface area contributed by atoms with E-state index in [9.17, 15) is 4.79 Å². The maximum Gasteiger partial charge on any atom is 0.248 e. The van der Waals surface area contributed by atoms with E-state index in [0.717, 1.165) is 12.0 Å². The molecule has 1 amide bonds. The topological polar surface area (TPSA) is 75.3 Å². The van der Waals surface area contributed by atoms with Crippen LogP contribution in [0.2, 0.25) is 0 Å². The summed E-state index contributed by atoms with van der Waals surface area (Å²) in [5.41, 5.74) is 1.41. The second kappa shape index (κ2) is 8.12. The van der Waals surface area contributed by atoms with Crippen LogP contribution < -0.4 is 29.0 Å². The molecule has 7 nitrogen and oxygen atoms in total. The van der Waals surface area contributed by atoms with Crippen LogP contribution in [-0.4, -0.2) is 39.4 Å². The summed E-state index contributed by atoms with van der Waals surface area (Å²) in [5, 5.41) is 2.83. The van der Waals surface area contributed by atoms with Gasteiger partial charge < -0.3 is 29.0 Å². The third kappa shape index (κ3) is 3.98. The molecule has 2 aromatic rings. The molecule has 2 aliphatic heterocycles. The van der Waals surface area contributed by atoms with Crippen molar-refractivity contribution in [2.75, 3.05) is 38.9 Å². The summed E-state index contributed by atoms with van der Waals surface area (Å²) >= 11 is 0. The van der Waals surface area contributed by atoms with Gasteiger partial charge in [0.15, 0.2) is 23.0 Å². The minimum atomic E-state index is -0.261. The minimum absolute atomic E-state index is 0.261. The third-order valence-corrected chi connectivity index (χ3v) is 4.29. The van der Waals surface area contributed by atoms with Gasteiger partial charge in [-0.2, -0.15) is 0 Å². The number of hydrogen-bond acceptors (Lipinski definition) is 6. The van der Waals surface area contributed by atoms with Gasteiger partial charge in [0.1, 0.15) is 13.2 Å². The van der Waals surface area contributed by atoms with Crippen LogP contribution in [0.4, 0.5) is 5.69 Å². The van der Waals surface area contributed by atoms with E-state index in [1.807, 2.05) is 6.07 Å². The lowest BCUT2D eigenvalue weighted by Gasteiger charge is -2.20. The third-order valence-electron chi connectivity index (χ3n) is 4.29. The first-order valence-electron chi connectivity index (χ1n) is 9.09. The van der Waals surface area contributed by atoms with Crippen molar-refractivity contribution >= 4 is 17.7 Å². The van der Waals surface area contributed by atoms with Crippen molar-refractivity contribution in [1.29, 1.82) is 0 Å². The number of nitrogens with one attached hydrogen (secondary N) is 1. The predicted molar refractivity (Wildman–Crippen MR) is 104 cm³/mol. The fourth-order valence-corrected chi connectivity index (χ4v) is 2.99. The highest BCUT2D eigenvalue weighted by molar-refractivity contribution is 6.02. The Morgan fingerprint density at radius 1 is 0.964 bits per heavy atom. The van der Waals surface area contributed by atoms with Crippen molar-refractivity contribution in [3.8, 4) is 28.7 Å². The summed E-state index contributed by atoms with van der Waals surface area (Å²) in [5.74, 6) is 2.82. The monoisotopic (exact) mass is 383 g/mol. The van der Waals surface area contributed by atoms with Gasteiger partial charge in [-0.3, -0.25) is 4.79 Å². The number of benzene rings is 2. The van der Waals surface area contributed by atoms with E-state index in [4.69, 9.17) is 23.7 Å². The van der Waals surface area contributed by atoms with Crippen molar-refractivity contribution in [3.05, 3.63) is 42.0 Å². The molecule has 1 N–H and O–H groups in total. The van der Waals surface area contributed by atoms with Gasteiger partial charge in [-0.15, -0.1) is 0 Å². The van der Waals surface area contributed by atoms with Gasteiger partial charge in [0.2, 0.25) is 11.7 Å². The number of methoxy groups -OCH3 is 1. The van der Waals surface area contributed by atoms with Crippen LogP contribution >= 0.6 is 0 Å². The fourth-order valence-electron chi connectivity index (χ4n) is 2.99. The number of hydrogen-bond donors (Lipinski definition) is 1. The van der Waals surface area contributed by atoms with Crippen molar-refractivity contribution in [1.82, 2.24) is 0 Å². The molecule has 0 saturated carbocycles. The first-order valence-corrected chi connectivity index (χ1v) is 9.09. The standard InChI is InChI=1S/C21H21NO6/c1-24-18-11-14(12-19-21(18)28-10-9-27-19)3-6-20(23)22-15-4-5-16-17(13-15)26-8-2-7-25-16/h3-6,11-13H,2,7-10H2,1H3,(H,22,23)/b6-3+. The van der Waals surface area contributed by atoms with Crippen molar-refractivity contribution in [2.24, 2.45) is 0 Å². The number of fused-ring (bicyclic) bond motifs is 2. The summed E-state index contributed by atoms with van der Waals surface area (Å²) in [6, 6.07) is 8.96. The zero-order valence-corrected chi connectivity index (χ0v) is 15.5. The normalized spacial score (nSPS) is 15.0. The Labute approximate surface area is 162 Å². The van der Waals surface area contributed by atoms with Crippen LogP contribution in [-0.2, 0) is 4.79 Å². The average Bonchev–Trinajstić information content (AvgIpc) is 2.96. The van der Waals surface area contributed by atoms with Crippen LogP contribution in [0.15, 0.2) is 36.4 Å². The summed E-state index contributed by atoms with van der Waals surface area (Å²) in [7, 11) is 1.57. The van der Waals surface area contributed by atoms with Crippen LogP contribution in [0.3, 0.4) is 0 Å². The van der Waals surface area contributed by atoms with Gasteiger partial charge in [-0.25, -0.2) is 0 Å². The Morgan fingerprint density at radius 3 is 2.61 bits per heavy atom. The number of rotatable bonds is 4. The van der Waals surface area contributed by atoms with Crippen LogP contribution in [0.1, 0.15) is 12.0 Å². The summed E-state index contributed by atoms with van der Waals surface area (Å²) in [6.45, 7) is 2.18. The number of amides is 1. The largest absolute Gasteiger partial charge is 0.493 e. The zero-order chi connectivity index (χ0) is 19.3. The first kappa shape index (κ1) is 18.0. The van der Waals surface area contributed by atoms with E-state index in [1.54, 1.807) is 37.5 Å². The van der Waals surface area contributed by atoms with Crippen molar-refractivity contribution in [2.45, 2.75) is 6.42 Å². The molecular weight excluding hydrogens is 362 g/mol. The Kier molecular flexibility index (Phi) is 5.23. The molecule has 0 radical (unpaired) electrons.